The maximum atomic E-state index is 10.7. The minimum atomic E-state index is -0.379. The number of piperidine rings is 1. The summed E-state index contributed by atoms with van der Waals surface area (Å²) in [6, 6.07) is -0.198. The largest absolute Gasteiger partial charge is 0.351 e. The van der Waals surface area contributed by atoms with Crippen LogP contribution in [0.4, 0.5) is 9.59 Å². The Bertz CT molecular complexity index is 214. The highest BCUT2D eigenvalue weighted by molar-refractivity contribution is 7.39. The molecule has 0 aliphatic carbocycles. The van der Waals surface area contributed by atoms with Crippen LogP contribution in [-0.4, -0.2) is 35.7 Å². The minimum Gasteiger partial charge on any atom is -0.351 e. The molecule has 0 saturated carbocycles. The molecule has 1 heterocycles. The molecular weight excluding hydrogens is 189 g/mol. The molecule has 5 nitrogen and oxygen atoms in total. The zero-order valence-electron chi connectivity index (χ0n) is 7.32. The third-order valence-corrected chi connectivity index (χ3v) is 2.32. The minimum absolute atomic E-state index is 0.0995. The quantitative estimate of drug-likeness (QED) is 0.593. The van der Waals surface area contributed by atoms with E-state index in [1.807, 2.05) is 0 Å². The van der Waals surface area contributed by atoms with E-state index in [4.69, 9.17) is 5.73 Å². The first-order valence-electron chi connectivity index (χ1n) is 4.20. The van der Waals surface area contributed by atoms with Gasteiger partial charge in [0.15, 0.2) is 0 Å². The Kier molecular flexibility index (Phi) is 3.48. The standard InChI is InChI=1S/C7H14N3O2P/c8-6(11)10-3-1-5(2-4-10)9-7(12)13/h5H,1-4,13H2,(H2,8,11)(H,9,12). The smallest absolute Gasteiger partial charge is 0.314 e. The van der Waals surface area contributed by atoms with Crippen molar-refractivity contribution >= 4 is 20.9 Å². The number of urea groups is 1. The number of hydrogen-bond donors (Lipinski definition) is 2. The van der Waals surface area contributed by atoms with Crippen molar-refractivity contribution in [1.29, 1.82) is 0 Å². The van der Waals surface area contributed by atoms with Gasteiger partial charge in [-0.25, -0.2) is 4.79 Å². The highest BCUT2D eigenvalue weighted by Crippen LogP contribution is 2.10. The van der Waals surface area contributed by atoms with Gasteiger partial charge in [-0.3, -0.25) is 4.79 Å². The second-order valence-corrected chi connectivity index (χ2v) is 3.63. The zero-order valence-corrected chi connectivity index (χ0v) is 8.48. The monoisotopic (exact) mass is 203 g/mol. The molecule has 6 heteroatoms. The van der Waals surface area contributed by atoms with Crippen molar-refractivity contribution in [2.75, 3.05) is 13.1 Å². The Morgan fingerprint density at radius 1 is 1.38 bits per heavy atom. The van der Waals surface area contributed by atoms with Crippen LogP contribution in [0.2, 0.25) is 0 Å². The zero-order chi connectivity index (χ0) is 9.84. The normalized spacial score (nSPS) is 18.4. The van der Waals surface area contributed by atoms with Crippen LogP contribution >= 0.6 is 9.24 Å². The first-order chi connectivity index (χ1) is 6.09. The van der Waals surface area contributed by atoms with Gasteiger partial charge in [-0.2, -0.15) is 0 Å². The highest BCUT2D eigenvalue weighted by atomic mass is 31.0. The van der Waals surface area contributed by atoms with E-state index >= 15 is 0 Å². The van der Waals surface area contributed by atoms with Gasteiger partial charge >= 0.3 is 6.03 Å². The van der Waals surface area contributed by atoms with E-state index in [1.54, 1.807) is 4.90 Å². The van der Waals surface area contributed by atoms with E-state index in [9.17, 15) is 9.59 Å². The van der Waals surface area contributed by atoms with E-state index in [0.29, 0.717) is 13.1 Å². The molecule has 1 fully saturated rings. The number of carbonyl (C=O) groups is 2. The van der Waals surface area contributed by atoms with Crippen molar-refractivity contribution in [2.24, 2.45) is 5.73 Å². The lowest BCUT2D eigenvalue weighted by molar-refractivity contribution is 0.186. The van der Waals surface area contributed by atoms with Gasteiger partial charge in [0.05, 0.1) is 0 Å². The molecule has 1 aliphatic heterocycles. The van der Waals surface area contributed by atoms with Crippen LogP contribution in [0, 0.1) is 0 Å². The Morgan fingerprint density at radius 2 is 1.92 bits per heavy atom. The lowest BCUT2D eigenvalue weighted by Crippen LogP contribution is -2.47. The van der Waals surface area contributed by atoms with E-state index in [2.05, 4.69) is 14.6 Å². The molecule has 1 unspecified atom stereocenters. The molecule has 74 valence electrons. The molecule has 0 aromatic carbocycles. The fraction of sp³-hybridized carbons (Fsp3) is 0.714. The van der Waals surface area contributed by atoms with E-state index in [0.717, 1.165) is 12.8 Å². The Balaban J connectivity index is 2.30. The first-order valence-corrected chi connectivity index (χ1v) is 4.77. The summed E-state index contributed by atoms with van der Waals surface area (Å²) < 4.78 is 0. The third-order valence-electron chi connectivity index (χ3n) is 2.15. The maximum Gasteiger partial charge on any atom is 0.314 e. The molecule has 1 aliphatic rings. The van der Waals surface area contributed by atoms with Crippen molar-refractivity contribution in [3.63, 3.8) is 0 Å². The van der Waals surface area contributed by atoms with E-state index in [1.165, 1.54) is 0 Å². The molecule has 3 amide bonds. The Labute approximate surface area is 79.2 Å². The van der Waals surface area contributed by atoms with Gasteiger partial charge in [0.25, 0.3) is 0 Å². The van der Waals surface area contributed by atoms with Crippen LogP contribution in [0.5, 0.6) is 0 Å². The number of rotatable bonds is 1. The fourth-order valence-corrected chi connectivity index (χ4v) is 1.68. The Morgan fingerprint density at radius 3 is 2.31 bits per heavy atom. The number of amides is 3. The molecule has 0 aromatic rings. The number of nitrogens with zero attached hydrogens (tertiary/aromatic N) is 1. The summed E-state index contributed by atoms with van der Waals surface area (Å²) in [4.78, 5) is 23.0. The molecular formula is C7H14N3O2P. The van der Waals surface area contributed by atoms with Crippen LogP contribution < -0.4 is 11.1 Å². The summed E-state index contributed by atoms with van der Waals surface area (Å²) in [5.41, 5.74) is 5.01. The number of primary amides is 1. The van der Waals surface area contributed by atoms with Crippen LogP contribution in [0.1, 0.15) is 12.8 Å². The van der Waals surface area contributed by atoms with Gasteiger partial charge in [-0.05, 0) is 22.1 Å². The summed E-state index contributed by atoms with van der Waals surface area (Å²) in [6.07, 6.45) is 1.56. The summed E-state index contributed by atoms with van der Waals surface area (Å²) in [5, 5.41) is 2.79. The average Bonchev–Trinajstić information content (AvgIpc) is 2.04. The van der Waals surface area contributed by atoms with Crippen molar-refractivity contribution in [3.8, 4) is 0 Å². The lowest BCUT2D eigenvalue weighted by Gasteiger charge is -2.30. The summed E-state index contributed by atoms with van der Waals surface area (Å²) in [7, 11) is 2.08. The number of carbonyl (C=O) groups excluding carboxylic acids is 2. The average molecular weight is 203 g/mol. The molecule has 1 rings (SSSR count). The molecule has 0 radical (unpaired) electrons. The van der Waals surface area contributed by atoms with Gasteiger partial charge < -0.3 is 16.0 Å². The number of nitrogens with one attached hydrogen (secondary N) is 1. The third kappa shape index (κ3) is 3.19. The van der Waals surface area contributed by atoms with Crippen molar-refractivity contribution in [3.05, 3.63) is 0 Å². The van der Waals surface area contributed by atoms with Crippen LogP contribution in [0.25, 0.3) is 0 Å². The predicted molar refractivity (Wildman–Crippen MR) is 52.4 cm³/mol. The van der Waals surface area contributed by atoms with Crippen LogP contribution in [-0.2, 0) is 0 Å². The molecule has 1 atom stereocenters. The molecule has 0 bridgehead atoms. The van der Waals surface area contributed by atoms with Crippen molar-refractivity contribution < 1.29 is 9.59 Å². The number of nitrogens with two attached hydrogens (primary N) is 1. The van der Waals surface area contributed by atoms with E-state index in [-0.39, 0.29) is 17.7 Å². The van der Waals surface area contributed by atoms with Gasteiger partial charge in [0.1, 0.15) is 0 Å². The van der Waals surface area contributed by atoms with Gasteiger partial charge in [-0.1, -0.05) is 0 Å². The van der Waals surface area contributed by atoms with Gasteiger partial charge in [-0.15, -0.1) is 0 Å². The molecule has 13 heavy (non-hydrogen) atoms. The number of likely N-dealkylation sites (tertiary alicyclic amines) is 1. The van der Waals surface area contributed by atoms with Crippen LogP contribution in [0.15, 0.2) is 0 Å². The fourth-order valence-electron chi connectivity index (χ4n) is 1.45. The molecule has 3 N–H and O–H groups in total. The van der Waals surface area contributed by atoms with Gasteiger partial charge in [0.2, 0.25) is 5.65 Å². The van der Waals surface area contributed by atoms with Crippen molar-refractivity contribution in [1.82, 2.24) is 10.2 Å². The lowest BCUT2D eigenvalue weighted by atomic mass is 10.1. The second-order valence-electron chi connectivity index (χ2n) is 3.11. The molecule has 1 saturated heterocycles. The summed E-state index contributed by atoms with van der Waals surface area (Å²) in [5.74, 6) is 0. The molecule has 0 spiro atoms. The second kappa shape index (κ2) is 4.42. The van der Waals surface area contributed by atoms with Gasteiger partial charge in [0, 0.05) is 19.1 Å². The number of hydrogen-bond acceptors (Lipinski definition) is 2. The Hall–Kier alpha value is -0.830. The summed E-state index contributed by atoms with van der Waals surface area (Å²) in [6.45, 7) is 1.26. The maximum absolute atomic E-state index is 10.7. The SMILES string of the molecule is NC(=O)N1CCC(NC(=O)P)CC1. The predicted octanol–water partition coefficient (Wildman–Crippen LogP) is 0.114. The topological polar surface area (TPSA) is 75.4 Å². The first kappa shape index (κ1) is 10.3. The van der Waals surface area contributed by atoms with Crippen molar-refractivity contribution in [2.45, 2.75) is 18.9 Å². The summed E-state index contributed by atoms with van der Waals surface area (Å²) >= 11 is 0. The van der Waals surface area contributed by atoms with Crippen LogP contribution in [0.3, 0.4) is 0 Å². The highest BCUT2D eigenvalue weighted by Gasteiger charge is 2.21. The van der Waals surface area contributed by atoms with E-state index < -0.39 is 0 Å². The molecule has 0 aromatic heterocycles.